The molecule has 0 saturated carbocycles. The fourth-order valence-corrected chi connectivity index (χ4v) is 3.34. The van der Waals surface area contributed by atoms with Crippen LogP contribution in [-0.4, -0.2) is 63.8 Å². The maximum Gasteiger partial charge on any atom is 0.414 e. The summed E-state index contributed by atoms with van der Waals surface area (Å²) in [6.07, 6.45) is -0.788. The number of halogens is 2. The van der Waals surface area contributed by atoms with Gasteiger partial charge in [-0.3, -0.25) is 14.5 Å². The van der Waals surface area contributed by atoms with E-state index >= 15 is 0 Å². The molecule has 9 nitrogen and oxygen atoms in total. The number of hydrogen-bond donors (Lipinski definition) is 0. The molecule has 0 aliphatic rings. The van der Waals surface area contributed by atoms with Crippen molar-refractivity contribution in [1.29, 1.82) is 0 Å². The zero-order chi connectivity index (χ0) is 25.4. The molecule has 0 saturated heterocycles. The molecule has 0 N–H and O–H groups in total. The van der Waals surface area contributed by atoms with Gasteiger partial charge in [0.2, 0.25) is 0 Å². The third-order valence-corrected chi connectivity index (χ3v) is 5.29. The molecule has 34 heavy (non-hydrogen) atoms. The molecule has 0 aliphatic carbocycles. The van der Waals surface area contributed by atoms with E-state index in [9.17, 15) is 14.4 Å². The molecule has 2 amide bonds. The SMILES string of the molecule is CCOC(=O)CN(C(=O)OCC)c1ccc(Oc2ccc(OC)c(C(=O)N(C)C)c2)c(Cl)c1Cl. The van der Waals surface area contributed by atoms with Crippen LogP contribution < -0.4 is 14.4 Å². The predicted octanol–water partition coefficient (Wildman–Crippen LogP) is 5.02. The Morgan fingerprint density at radius 1 is 0.912 bits per heavy atom. The molecule has 0 fully saturated rings. The number of anilines is 1. The first-order valence-corrected chi connectivity index (χ1v) is 11.1. The summed E-state index contributed by atoms with van der Waals surface area (Å²) in [6, 6.07) is 7.67. The molecule has 2 rings (SSSR count). The van der Waals surface area contributed by atoms with Crippen molar-refractivity contribution in [2.45, 2.75) is 13.8 Å². The average molecular weight is 513 g/mol. The van der Waals surface area contributed by atoms with Crippen molar-refractivity contribution in [3.8, 4) is 17.2 Å². The van der Waals surface area contributed by atoms with E-state index in [-0.39, 0.29) is 40.6 Å². The molecule has 0 bridgehead atoms. The van der Waals surface area contributed by atoms with Crippen LogP contribution in [0.25, 0.3) is 0 Å². The molecule has 184 valence electrons. The number of benzene rings is 2. The average Bonchev–Trinajstić information content (AvgIpc) is 2.80. The highest BCUT2D eigenvalue weighted by molar-refractivity contribution is 6.45. The minimum atomic E-state index is -0.788. The summed E-state index contributed by atoms with van der Waals surface area (Å²) in [6.45, 7) is 3.11. The van der Waals surface area contributed by atoms with Gasteiger partial charge in [-0.15, -0.1) is 0 Å². The van der Waals surface area contributed by atoms with E-state index in [0.29, 0.717) is 17.1 Å². The summed E-state index contributed by atoms with van der Waals surface area (Å²) in [7, 11) is 4.70. The second-order valence-electron chi connectivity index (χ2n) is 6.96. The molecule has 2 aromatic carbocycles. The minimum absolute atomic E-state index is 0.00590. The van der Waals surface area contributed by atoms with Crippen LogP contribution in [0, 0.1) is 0 Å². The molecule has 0 radical (unpaired) electrons. The van der Waals surface area contributed by atoms with Gasteiger partial charge in [0, 0.05) is 14.1 Å². The molecular formula is C23H26Cl2N2O7. The van der Waals surface area contributed by atoms with E-state index in [0.717, 1.165) is 4.90 Å². The number of carbonyl (C=O) groups excluding carboxylic acids is 3. The van der Waals surface area contributed by atoms with Gasteiger partial charge in [0.05, 0.1) is 36.6 Å². The Labute approximate surface area is 208 Å². The third kappa shape index (κ3) is 6.45. The fraction of sp³-hybridized carbons (Fsp3) is 0.348. The molecule has 0 unspecified atom stereocenters. The summed E-state index contributed by atoms with van der Waals surface area (Å²) in [5.41, 5.74) is 0.440. The number of esters is 1. The lowest BCUT2D eigenvalue weighted by Gasteiger charge is -2.23. The molecule has 0 atom stereocenters. The van der Waals surface area contributed by atoms with Crippen molar-refractivity contribution in [2.75, 3.05) is 45.9 Å². The van der Waals surface area contributed by atoms with Gasteiger partial charge in [-0.05, 0) is 44.2 Å². The second-order valence-corrected chi connectivity index (χ2v) is 7.72. The number of carbonyl (C=O) groups is 3. The smallest absolute Gasteiger partial charge is 0.414 e. The minimum Gasteiger partial charge on any atom is -0.496 e. The third-order valence-electron chi connectivity index (χ3n) is 4.43. The van der Waals surface area contributed by atoms with Gasteiger partial charge in [0.25, 0.3) is 5.91 Å². The molecule has 2 aromatic rings. The van der Waals surface area contributed by atoms with E-state index in [4.69, 9.17) is 42.1 Å². The molecule has 0 heterocycles. The van der Waals surface area contributed by atoms with Crippen molar-refractivity contribution in [3.63, 3.8) is 0 Å². The van der Waals surface area contributed by atoms with E-state index < -0.39 is 18.6 Å². The Bertz CT molecular complexity index is 1060. The summed E-state index contributed by atoms with van der Waals surface area (Å²) in [5, 5.41) is -0.0387. The maximum absolute atomic E-state index is 12.5. The van der Waals surface area contributed by atoms with Gasteiger partial charge in [0.15, 0.2) is 0 Å². The lowest BCUT2D eigenvalue weighted by atomic mass is 10.1. The number of hydrogen-bond acceptors (Lipinski definition) is 7. The highest BCUT2D eigenvalue weighted by atomic mass is 35.5. The first kappa shape index (κ1) is 27.1. The van der Waals surface area contributed by atoms with Gasteiger partial charge < -0.3 is 23.8 Å². The number of nitrogens with zero attached hydrogens (tertiary/aromatic N) is 2. The van der Waals surface area contributed by atoms with Crippen LogP contribution in [0.4, 0.5) is 10.5 Å². The van der Waals surface area contributed by atoms with Crippen LogP contribution >= 0.6 is 23.2 Å². The van der Waals surface area contributed by atoms with E-state index in [1.165, 1.54) is 30.2 Å². The van der Waals surface area contributed by atoms with Crippen LogP contribution in [0.2, 0.25) is 10.0 Å². The Kier molecular flexibility index (Phi) is 9.83. The van der Waals surface area contributed by atoms with Crippen LogP contribution in [0.5, 0.6) is 17.2 Å². The van der Waals surface area contributed by atoms with Gasteiger partial charge in [-0.2, -0.15) is 0 Å². The predicted molar refractivity (Wildman–Crippen MR) is 129 cm³/mol. The van der Waals surface area contributed by atoms with E-state index in [1.54, 1.807) is 40.1 Å². The van der Waals surface area contributed by atoms with Crippen LogP contribution in [0.15, 0.2) is 30.3 Å². The van der Waals surface area contributed by atoms with Crippen molar-refractivity contribution < 1.29 is 33.3 Å². The Morgan fingerprint density at radius 2 is 1.56 bits per heavy atom. The van der Waals surface area contributed by atoms with Crippen molar-refractivity contribution in [1.82, 2.24) is 4.90 Å². The van der Waals surface area contributed by atoms with E-state index in [2.05, 4.69) is 0 Å². The van der Waals surface area contributed by atoms with Crippen LogP contribution in [0.1, 0.15) is 24.2 Å². The van der Waals surface area contributed by atoms with E-state index in [1.807, 2.05) is 0 Å². The van der Waals surface area contributed by atoms with Crippen LogP contribution in [0.3, 0.4) is 0 Å². The highest BCUT2D eigenvalue weighted by Crippen LogP contribution is 2.41. The second kappa shape index (κ2) is 12.3. The van der Waals surface area contributed by atoms with Gasteiger partial charge in [-0.25, -0.2) is 4.79 Å². The Morgan fingerprint density at radius 3 is 2.15 bits per heavy atom. The lowest BCUT2D eigenvalue weighted by Crippen LogP contribution is -2.37. The summed E-state index contributed by atoms with van der Waals surface area (Å²) in [4.78, 5) is 39.4. The summed E-state index contributed by atoms with van der Waals surface area (Å²) < 4.78 is 21.1. The number of amides is 2. The summed E-state index contributed by atoms with van der Waals surface area (Å²) >= 11 is 12.9. The van der Waals surface area contributed by atoms with Gasteiger partial charge in [0.1, 0.15) is 28.8 Å². The lowest BCUT2D eigenvalue weighted by molar-refractivity contribution is -0.141. The molecule has 11 heteroatoms. The molecule has 0 aliphatic heterocycles. The van der Waals surface area contributed by atoms with Crippen LogP contribution in [-0.2, 0) is 14.3 Å². The summed E-state index contributed by atoms with van der Waals surface area (Å²) in [5.74, 6) is -0.0472. The monoisotopic (exact) mass is 512 g/mol. The fourth-order valence-electron chi connectivity index (χ4n) is 2.88. The normalized spacial score (nSPS) is 10.3. The number of ether oxygens (including phenoxy) is 4. The maximum atomic E-state index is 12.5. The first-order valence-electron chi connectivity index (χ1n) is 10.3. The molecule has 0 aromatic heterocycles. The Hall–Kier alpha value is -3.17. The quantitative estimate of drug-likeness (QED) is 0.435. The molecular weight excluding hydrogens is 487 g/mol. The van der Waals surface area contributed by atoms with Crippen molar-refractivity contribution in [3.05, 3.63) is 45.9 Å². The largest absolute Gasteiger partial charge is 0.496 e. The Balaban J connectivity index is 2.41. The first-order chi connectivity index (χ1) is 16.1. The topological polar surface area (TPSA) is 94.6 Å². The van der Waals surface area contributed by atoms with Gasteiger partial charge >= 0.3 is 12.1 Å². The standard InChI is InChI=1S/C23H26Cl2N2O7/c1-6-32-19(28)13-27(23(30)33-7-2)16-9-11-18(21(25)20(16)24)34-14-8-10-17(31-5)15(12-14)22(29)26(3)4/h8-12H,6-7,13H2,1-5H3. The van der Waals surface area contributed by atoms with Crippen molar-refractivity contribution >= 4 is 46.9 Å². The molecule has 0 spiro atoms. The van der Waals surface area contributed by atoms with Gasteiger partial charge in [-0.1, -0.05) is 23.2 Å². The highest BCUT2D eigenvalue weighted by Gasteiger charge is 2.26. The van der Waals surface area contributed by atoms with Crippen molar-refractivity contribution in [2.24, 2.45) is 0 Å². The number of rotatable bonds is 9. The number of methoxy groups -OCH3 is 1. The zero-order valence-corrected chi connectivity index (χ0v) is 21.0. The zero-order valence-electron chi connectivity index (χ0n) is 19.5.